The van der Waals surface area contributed by atoms with Crippen LogP contribution < -0.4 is 10.6 Å². The van der Waals surface area contributed by atoms with Crippen LogP contribution in [0.4, 0.5) is 5.69 Å². The number of hydrogen-bond acceptors (Lipinski definition) is 3. The third-order valence-corrected chi connectivity index (χ3v) is 5.16. The molecule has 1 heterocycles. The molecule has 0 bridgehead atoms. The van der Waals surface area contributed by atoms with Gasteiger partial charge in [-0.1, -0.05) is 18.2 Å². The van der Waals surface area contributed by atoms with Crippen molar-refractivity contribution in [3.63, 3.8) is 0 Å². The molecule has 1 saturated carbocycles. The van der Waals surface area contributed by atoms with Crippen LogP contribution in [-0.4, -0.2) is 37.6 Å². The molecule has 1 fully saturated rings. The van der Waals surface area contributed by atoms with Crippen LogP contribution in [-0.2, 0) is 13.0 Å². The van der Waals surface area contributed by atoms with Gasteiger partial charge in [0.25, 0.3) is 0 Å². The van der Waals surface area contributed by atoms with Gasteiger partial charge in [-0.05, 0) is 57.3 Å². The fraction of sp³-hybridized carbons (Fsp3) is 0.647. The van der Waals surface area contributed by atoms with Gasteiger partial charge in [-0.2, -0.15) is 0 Å². The van der Waals surface area contributed by atoms with Crippen LogP contribution in [0.15, 0.2) is 18.2 Å². The van der Waals surface area contributed by atoms with Crippen LogP contribution in [0.3, 0.4) is 0 Å². The summed E-state index contributed by atoms with van der Waals surface area (Å²) in [7, 11) is 4.43. The standard InChI is InChI=1S/C17H27N3/c1-20(2)17(9-5-10-17)13-18-12-15-7-3-6-14-8-4-11-19-16(14)15/h3,6-7,18-19H,4-5,8-13H2,1-2H3. The van der Waals surface area contributed by atoms with Crippen molar-refractivity contribution in [3.8, 4) is 0 Å². The van der Waals surface area contributed by atoms with E-state index in [9.17, 15) is 0 Å². The molecule has 0 radical (unpaired) electrons. The molecular formula is C17H27N3. The molecule has 3 nitrogen and oxygen atoms in total. The van der Waals surface area contributed by atoms with Crippen molar-refractivity contribution in [2.24, 2.45) is 0 Å². The summed E-state index contributed by atoms with van der Waals surface area (Å²) in [5.74, 6) is 0. The third kappa shape index (κ3) is 2.57. The molecule has 110 valence electrons. The number of para-hydroxylation sites is 1. The summed E-state index contributed by atoms with van der Waals surface area (Å²) in [6.07, 6.45) is 6.52. The normalized spacial score (nSPS) is 20.1. The summed E-state index contributed by atoms with van der Waals surface area (Å²) in [6.45, 7) is 3.20. The first-order valence-corrected chi connectivity index (χ1v) is 7.94. The van der Waals surface area contributed by atoms with Crippen LogP contribution >= 0.6 is 0 Å². The van der Waals surface area contributed by atoms with Gasteiger partial charge in [0.05, 0.1) is 0 Å². The molecule has 3 rings (SSSR count). The van der Waals surface area contributed by atoms with Gasteiger partial charge in [0, 0.05) is 30.9 Å². The highest BCUT2D eigenvalue weighted by Gasteiger charge is 2.38. The second kappa shape index (κ2) is 5.74. The van der Waals surface area contributed by atoms with E-state index in [1.165, 1.54) is 48.9 Å². The number of benzene rings is 1. The van der Waals surface area contributed by atoms with Crippen LogP contribution in [0.5, 0.6) is 0 Å². The topological polar surface area (TPSA) is 27.3 Å². The highest BCUT2D eigenvalue weighted by molar-refractivity contribution is 5.59. The summed E-state index contributed by atoms with van der Waals surface area (Å²) >= 11 is 0. The van der Waals surface area contributed by atoms with Gasteiger partial charge >= 0.3 is 0 Å². The van der Waals surface area contributed by atoms with E-state index >= 15 is 0 Å². The smallest absolute Gasteiger partial charge is 0.0418 e. The summed E-state index contributed by atoms with van der Waals surface area (Å²) in [6, 6.07) is 6.72. The van der Waals surface area contributed by atoms with E-state index in [4.69, 9.17) is 0 Å². The molecule has 0 unspecified atom stereocenters. The molecule has 0 aromatic heterocycles. The third-order valence-electron chi connectivity index (χ3n) is 5.16. The molecule has 0 atom stereocenters. The first-order chi connectivity index (χ1) is 9.71. The van der Waals surface area contributed by atoms with Crippen molar-refractivity contribution < 1.29 is 0 Å². The molecule has 3 heteroatoms. The zero-order valence-electron chi connectivity index (χ0n) is 12.8. The average molecular weight is 273 g/mol. The Bertz CT molecular complexity index is 463. The average Bonchev–Trinajstić information content (AvgIpc) is 2.41. The van der Waals surface area contributed by atoms with Gasteiger partial charge in [0.15, 0.2) is 0 Å². The van der Waals surface area contributed by atoms with Crippen molar-refractivity contribution in [2.75, 3.05) is 32.5 Å². The first-order valence-electron chi connectivity index (χ1n) is 7.94. The van der Waals surface area contributed by atoms with Crippen LogP contribution in [0.25, 0.3) is 0 Å². The van der Waals surface area contributed by atoms with Crippen LogP contribution in [0, 0.1) is 0 Å². The zero-order chi connectivity index (χ0) is 14.0. The van der Waals surface area contributed by atoms with E-state index in [1.54, 1.807) is 0 Å². The zero-order valence-corrected chi connectivity index (χ0v) is 12.8. The molecule has 0 spiro atoms. The summed E-state index contributed by atoms with van der Waals surface area (Å²) < 4.78 is 0. The Morgan fingerprint density at radius 3 is 2.80 bits per heavy atom. The van der Waals surface area contributed by atoms with Crippen LogP contribution in [0.2, 0.25) is 0 Å². The Labute approximate surface area is 122 Å². The molecule has 1 aromatic rings. The SMILES string of the molecule is CN(C)C1(CNCc2cccc3c2NCCC3)CCC1. The molecule has 1 aliphatic carbocycles. The number of rotatable bonds is 5. The molecule has 20 heavy (non-hydrogen) atoms. The number of fused-ring (bicyclic) bond motifs is 1. The largest absolute Gasteiger partial charge is 0.385 e. The van der Waals surface area contributed by atoms with Crippen molar-refractivity contribution >= 4 is 5.69 Å². The number of nitrogens with one attached hydrogen (secondary N) is 2. The highest BCUT2D eigenvalue weighted by atomic mass is 15.2. The Morgan fingerprint density at radius 1 is 1.25 bits per heavy atom. The van der Waals surface area contributed by atoms with E-state index in [1.807, 2.05) is 0 Å². The monoisotopic (exact) mass is 273 g/mol. The predicted molar refractivity (Wildman–Crippen MR) is 85.2 cm³/mol. The van der Waals surface area contributed by atoms with E-state index in [0.29, 0.717) is 5.54 Å². The van der Waals surface area contributed by atoms with Gasteiger partial charge < -0.3 is 15.5 Å². The lowest BCUT2D eigenvalue weighted by molar-refractivity contribution is 0.0598. The number of hydrogen-bond donors (Lipinski definition) is 2. The molecular weight excluding hydrogens is 246 g/mol. The molecule has 1 aliphatic heterocycles. The number of nitrogens with zero attached hydrogens (tertiary/aromatic N) is 1. The number of aryl methyl sites for hydroxylation is 1. The molecule has 0 amide bonds. The van der Waals surface area contributed by atoms with Crippen molar-refractivity contribution in [1.29, 1.82) is 0 Å². The lowest BCUT2D eigenvalue weighted by Crippen LogP contribution is -2.56. The molecule has 2 aliphatic rings. The summed E-state index contributed by atoms with van der Waals surface area (Å²) in [5.41, 5.74) is 4.71. The lowest BCUT2D eigenvalue weighted by atomic mass is 9.75. The first kappa shape index (κ1) is 13.9. The number of anilines is 1. The summed E-state index contributed by atoms with van der Waals surface area (Å²) in [5, 5.41) is 7.27. The Morgan fingerprint density at radius 2 is 2.10 bits per heavy atom. The fourth-order valence-electron chi connectivity index (χ4n) is 3.53. The minimum atomic E-state index is 0.405. The highest BCUT2D eigenvalue weighted by Crippen LogP contribution is 2.35. The second-order valence-electron chi connectivity index (χ2n) is 6.56. The lowest BCUT2D eigenvalue weighted by Gasteiger charge is -2.47. The maximum Gasteiger partial charge on any atom is 0.0418 e. The number of likely N-dealkylation sites (N-methyl/N-ethyl adjacent to an activating group) is 1. The summed E-state index contributed by atoms with van der Waals surface area (Å²) in [4.78, 5) is 2.40. The fourth-order valence-corrected chi connectivity index (χ4v) is 3.53. The quantitative estimate of drug-likeness (QED) is 0.863. The van der Waals surface area contributed by atoms with Crippen molar-refractivity contribution in [1.82, 2.24) is 10.2 Å². The van der Waals surface area contributed by atoms with Gasteiger partial charge in [0.2, 0.25) is 0 Å². The second-order valence-corrected chi connectivity index (χ2v) is 6.56. The van der Waals surface area contributed by atoms with Gasteiger partial charge in [-0.3, -0.25) is 0 Å². The minimum absolute atomic E-state index is 0.405. The molecule has 2 N–H and O–H groups in total. The molecule has 1 aromatic carbocycles. The van der Waals surface area contributed by atoms with Gasteiger partial charge in [-0.15, -0.1) is 0 Å². The van der Waals surface area contributed by atoms with Crippen LogP contribution in [0.1, 0.15) is 36.8 Å². The Balaban J connectivity index is 1.61. The predicted octanol–water partition coefficient (Wildman–Crippen LogP) is 2.62. The van der Waals surface area contributed by atoms with E-state index in [0.717, 1.165) is 19.6 Å². The van der Waals surface area contributed by atoms with Gasteiger partial charge in [0.1, 0.15) is 0 Å². The Kier molecular flexibility index (Phi) is 3.99. The molecule has 0 saturated heterocycles. The maximum atomic E-state index is 3.69. The van der Waals surface area contributed by atoms with Crippen molar-refractivity contribution in [2.45, 2.75) is 44.2 Å². The van der Waals surface area contributed by atoms with E-state index < -0.39 is 0 Å². The minimum Gasteiger partial charge on any atom is -0.385 e. The Hall–Kier alpha value is -1.06. The van der Waals surface area contributed by atoms with E-state index in [2.05, 4.69) is 47.8 Å². The van der Waals surface area contributed by atoms with Gasteiger partial charge in [-0.25, -0.2) is 0 Å². The maximum absolute atomic E-state index is 3.69. The van der Waals surface area contributed by atoms with Crippen molar-refractivity contribution in [3.05, 3.63) is 29.3 Å². The van der Waals surface area contributed by atoms with E-state index in [-0.39, 0.29) is 0 Å².